The molecule has 82 valence electrons. The highest BCUT2D eigenvalue weighted by atomic mass is 127. The Balaban J connectivity index is 2.53. The second kappa shape index (κ2) is 4.12. The molecule has 0 radical (unpaired) electrons. The van der Waals surface area contributed by atoms with Gasteiger partial charge in [0.25, 0.3) is 9.58 Å². The van der Waals surface area contributed by atoms with Crippen molar-refractivity contribution in [3.63, 3.8) is 0 Å². The number of nitrogens with zero attached hydrogens (tertiary/aromatic N) is 3. The summed E-state index contributed by atoms with van der Waals surface area (Å²) in [5, 5.41) is 17.7. The number of hydrogen-bond acceptors (Lipinski definition) is 5. The smallest absolute Gasteiger partial charge is 0.278 e. The first-order valence-electron chi connectivity index (χ1n) is 4.00. The molecule has 0 unspecified atom stereocenters. The molecule has 0 spiro atoms. The number of hydrogen-bond donors (Lipinski definition) is 0. The van der Waals surface area contributed by atoms with Gasteiger partial charge >= 0.3 is 0 Å². The van der Waals surface area contributed by atoms with Crippen LogP contribution in [0.2, 0.25) is 0 Å². The van der Waals surface area contributed by atoms with Gasteiger partial charge in [0.1, 0.15) is 5.82 Å². The molecular weight excluding hydrogens is 332 g/mol. The fraction of sp³-hybridized carbons (Fsp3) is 0. The van der Waals surface area contributed by atoms with E-state index in [1.54, 1.807) is 22.6 Å². The highest BCUT2D eigenvalue weighted by Crippen LogP contribution is 2.24. The fourth-order valence-corrected chi connectivity index (χ4v) is 1.44. The second-order valence-corrected chi connectivity index (χ2v) is 3.74. The summed E-state index contributed by atoms with van der Waals surface area (Å²) in [6, 6.07) is 3.09. The van der Waals surface area contributed by atoms with Crippen molar-refractivity contribution in [1.82, 2.24) is 10.2 Å². The van der Waals surface area contributed by atoms with Gasteiger partial charge in [0.15, 0.2) is 0 Å². The van der Waals surface area contributed by atoms with Gasteiger partial charge in [-0.3, -0.25) is 10.1 Å². The SMILES string of the molecule is O=[N+]([O-])c1cc(F)cc(-c2nnc(I)o2)c1. The van der Waals surface area contributed by atoms with Crippen LogP contribution in [0.5, 0.6) is 0 Å². The molecule has 0 amide bonds. The van der Waals surface area contributed by atoms with Crippen LogP contribution in [0.15, 0.2) is 22.6 Å². The molecule has 0 bridgehead atoms. The van der Waals surface area contributed by atoms with E-state index in [9.17, 15) is 14.5 Å². The summed E-state index contributed by atoms with van der Waals surface area (Å²) in [4.78, 5) is 9.83. The minimum Gasteiger partial charge on any atom is -0.412 e. The number of non-ortho nitro benzene ring substituents is 1. The van der Waals surface area contributed by atoms with E-state index in [0.717, 1.165) is 12.1 Å². The topological polar surface area (TPSA) is 82.1 Å². The van der Waals surface area contributed by atoms with Crippen molar-refractivity contribution in [2.75, 3.05) is 0 Å². The van der Waals surface area contributed by atoms with Gasteiger partial charge in [0.05, 0.1) is 11.0 Å². The van der Waals surface area contributed by atoms with Crippen LogP contribution in [0.4, 0.5) is 10.1 Å². The zero-order chi connectivity index (χ0) is 11.7. The number of benzene rings is 1. The van der Waals surface area contributed by atoms with Crippen LogP contribution in [0, 0.1) is 19.8 Å². The second-order valence-electron chi connectivity index (χ2n) is 2.82. The predicted octanol–water partition coefficient (Wildman–Crippen LogP) is 2.39. The lowest BCUT2D eigenvalue weighted by atomic mass is 10.2. The van der Waals surface area contributed by atoms with Gasteiger partial charge in [0.2, 0.25) is 5.89 Å². The van der Waals surface area contributed by atoms with Crippen LogP contribution >= 0.6 is 22.6 Å². The minimum atomic E-state index is -0.725. The summed E-state index contributed by atoms with van der Waals surface area (Å²) < 4.78 is 18.4. The van der Waals surface area contributed by atoms with Crippen molar-refractivity contribution >= 4 is 28.3 Å². The van der Waals surface area contributed by atoms with Crippen LogP contribution in [0.1, 0.15) is 0 Å². The third-order valence-corrected chi connectivity index (χ3v) is 2.18. The molecule has 2 rings (SSSR count). The molecule has 1 aromatic heterocycles. The van der Waals surface area contributed by atoms with Crippen LogP contribution in [0.3, 0.4) is 0 Å². The molecule has 1 aromatic carbocycles. The fourth-order valence-electron chi connectivity index (χ4n) is 1.13. The van der Waals surface area contributed by atoms with E-state index < -0.39 is 10.7 Å². The summed E-state index contributed by atoms with van der Waals surface area (Å²) >= 11 is 1.79. The number of nitro benzene ring substituents is 1. The molecule has 0 saturated heterocycles. The monoisotopic (exact) mass is 335 g/mol. The lowest BCUT2D eigenvalue weighted by molar-refractivity contribution is -0.385. The molecule has 16 heavy (non-hydrogen) atoms. The Hall–Kier alpha value is -1.58. The van der Waals surface area contributed by atoms with Gasteiger partial charge in [0, 0.05) is 34.2 Å². The Morgan fingerprint density at radius 3 is 2.69 bits per heavy atom. The molecule has 0 atom stereocenters. The van der Waals surface area contributed by atoms with E-state index in [-0.39, 0.29) is 21.0 Å². The normalized spacial score (nSPS) is 10.4. The maximum absolute atomic E-state index is 13.1. The molecule has 1 heterocycles. The number of aromatic nitrogens is 2. The van der Waals surface area contributed by atoms with Crippen LogP contribution in [0.25, 0.3) is 11.5 Å². The number of halogens is 2. The van der Waals surface area contributed by atoms with Crippen molar-refractivity contribution in [3.05, 3.63) is 38.0 Å². The molecule has 0 fully saturated rings. The van der Waals surface area contributed by atoms with E-state index in [1.807, 2.05) is 0 Å². The number of rotatable bonds is 2. The van der Waals surface area contributed by atoms with Gasteiger partial charge in [-0.2, -0.15) is 0 Å². The van der Waals surface area contributed by atoms with Gasteiger partial charge < -0.3 is 4.42 Å². The first kappa shape index (κ1) is 10.9. The zero-order valence-electron chi connectivity index (χ0n) is 7.55. The van der Waals surface area contributed by atoms with E-state index in [2.05, 4.69) is 10.2 Å². The van der Waals surface area contributed by atoms with E-state index >= 15 is 0 Å². The average Bonchev–Trinajstić information content (AvgIpc) is 2.64. The van der Waals surface area contributed by atoms with E-state index in [4.69, 9.17) is 4.42 Å². The van der Waals surface area contributed by atoms with Crippen molar-refractivity contribution < 1.29 is 13.7 Å². The third-order valence-electron chi connectivity index (χ3n) is 1.74. The summed E-state index contributed by atoms with van der Waals surface area (Å²) in [6.45, 7) is 0. The van der Waals surface area contributed by atoms with Crippen molar-refractivity contribution in [3.8, 4) is 11.5 Å². The van der Waals surface area contributed by atoms with Crippen molar-refractivity contribution in [2.45, 2.75) is 0 Å². The average molecular weight is 335 g/mol. The predicted molar refractivity (Wildman–Crippen MR) is 59.1 cm³/mol. The minimum absolute atomic E-state index is 0.0481. The third kappa shape index (κ3) is 2.15. The van der Waals surface area contributed by atoms with Crippen molar-refractivity contribution in [1.29, 1.82) is 0 Å². The summed E-state index contributed by atoms with van der Waals surface area (Å²) in [5.41, 5.74) is -0.176. The Morgan fingerprint density at radius 1 is 1.38 bits per heavy atom. The molecule has 2 aromatic rings. The van der Waals surface area contributed by atoms with E-state index in [0.29, 0.717) is 0 Å². The standard InChI is InChI=1S/C8H3FIN3O3/c9-5-1-4(2-6(3-5)13(14)15)7-11-12-8(10)16-7/h1-3H. The largest absolute Gasteiger partial charge is 0.412 e. The van der Waals surface area contributed by atoms with E-state index in [1.165, 1.54) is 6.07 Å². The highest BCUT2D eigenvalue weighted by molar-refractivity contribution is 14.1. The Labute approximate surface area is 102 Å². The Bertz CT molecular complexity index is 557. The van der Waals surface area contributed by atoms with Gasteiger partial charge in [-0.1, -0.05) is 0 Å². The molecule has 0 aliphatic rings. The number of nitro groups is 1. The lowest BCUT2D eigenvalue weighted by Gasteiger charge is -1.96. The highest BCUT2D eigenvalue weighted by Gasteiger charge is 2.14. The molecular formula is C8H3FIN3O3. The summed E-state index contributed by atoms with van der Waals surface area (Å²) in [5.74, 6) is -0.676. The quantitative estimate of drug-likeness (QED) is 0.478. The van der Waals surface area contributed by atoms with Gasteiger partial charge in [-0.15, -0.1) is 10.2 Å². The summed E-state index contributed by atoms with van der Waals surface area (Å²) in [6.07, 6.45) is 0. The lowest BCUT2D eigenvalue weighted by Crippen LogP contribution is -1.90. The molecule has 8 heteroatoms. The van der Waals surface area contributed by atoms with Gasteiger partial charge in [-0.25, -0.2) is 4.39 Å². The van der Waals surface area contributed by atoms with Crippen LogP contribution in [-0.4, -0.2) is 15.1 Å². The van der Waals surface area contributed by atoms with Gasteiger partial charge in [-0.05, 0) is 6.07 Å². The maximum Gasteiger partial charge on any atom is 0.278 e. The molecule has 0 N–H and O–H groups in total. The first-order valence-corrected chi connectivity index (χ1v) is 5.08. The molecule has 0 aliphatic carbocycles. The first-order chi connectivity index (χ1) is 7.56. The maximum atomic E-state index is 13.1. The van der Waals surface area contributed by atoms with Crippen LogP contribution < -0.4 is 0 Å². The van der Waals surface area contributed by atoms with Crippen LogP contribution in [-0.2, 0) is 0 Å². The molecule has 6 nitrogen and oxygen atoms in total. The summed E-state index contributed by atoms with van der Waals surface area (Å²) in [7, 11) is 0. The Morgan fingerprint density at radius 2 is 2.12 bits per heavy atom. The zero-order valence-corrected chi connectivity index (χ0v) is 9.71. The van der Waals surface area contributed by atoms with Crippen molar-refractivity contribution in [2.24, 2.45) is 0 Å². The Kier molecular flexibility index (Phi) is 2.81. The molecule has 0 aliphatic heterocycles. The molecule has 0 saturated carbocycles.